The van der Waals surface area contributed by atoms with Gasteiger partial charge in [-0.3, -0.25) is 0 Å². The molecule has 0 aliphatic heterocycles. The molecule has 2 aromatic rings. The Morgan fingerprint density at radius 2 is 1.88 bits per heavy atom. The van der Waals surface area contributed by atoms with Gasteiger partial charge in [-0.05, 0) is 24.6 Å². The Morgan fingerprint density at radius 3 is 2.47 bits per heavy atom. The molecule has 1 aromatic carbocycles. The van der Waals surface area contributed by atoms with Gasteiger partial charge in [-0.2, -0.15) is 0 Å². The average molecular weight is 255 g/mol. The summed E-state index contributed by atoms with van der Waals surface area (Å²) in [5.41, 5.74) is 0.843. The maximum Gasteiger partial charge on any atom is 0.141 e. The fraction of sp³-hybridized carbons (Fsp3) is 0.385. The van der Waals surface area contributed by atoms with Crippen molar-refractivity contribution in [3.05, 3.63) is 34.2 Å². The van der Waals surface area contributed by atoms with Crippen LogP contribution in [0.15, 0.2) is 12.1 Å². The Kier molecular flexibility index (Phi) is 3.45. The van der Waals surface area contributed by atoms with E-state index < -0.39 is 0 Å². The quantitative estimate of drug-likeness (QED) is 0.874. The summed E-state index contributed by atoms with van der Waals surface area (Å²) in [5, 5.41) is 3.69. The Labute approximate surface area is 103 Å². The standard InChI is InChI=1S/C13H15F2NS/c1-7(2)16-6-11-8(3)12-9(14)4-5-10(15)13(12)17-11/h4-5,7,16H,6H2,1-3H3. The summed E-state index contributed by atoms with van der Waals surface area (Å²) in [4.78, 5) is 0.998. The largest absolute Gasteiger partial charge is 0.310 e. The van der Waals surface area contributed by atoms with E-state index in [2.05, 4.69) is 5.32 Å². The maximum absolute atomic E-state index is 13.7. The molecule has 0 amide bonds. The van der Waals surface area contributed by atoms with Crippen molar-refractivity contribution >= 4 is 21.4 Å². The highest BCUT2D eigenvalue weighted by Gasteiger charge is 2.15. The SMILES string of the molecule is Cc1c(CNC(C)C)sc2c(F)ccc(F)c12. The van der Waals surface area contributed by atoms with Gasteiger partial charge in [0.15, 0.2) is 0 Å². The molecule has 1 N–H and O–H groups in total. The lowest BCUT2D eigenvalue weighted by molar-refractivity contribution is 0.592. The van der Waals surface area contributed by atoms with E-state index in [0.717, 1.165) is 10.4 Å². The van der Waals surface area contributed by atoms with Gasteiger partial charge in [0.25, 0.3) is 0 Å². The zero-order valence-corrected chi connectivity index (χ0v) is 10.9. The molecule has 0 atom stereocenters. The number of fused-ring (bicyclic) bond motifs is 1. The van der Waals surface area contributed by atoms with Crippen molar-refractivity contribution in [3.63, 3.8) is 0 Å². The predicted molar refractivity (Wildman–Crippen MR) is 68.5 cm³/mol. The van der Waals surface area contributed by atoms with Crippen LogP contribution in [0.3, 0.4) is 0 Å². The molecule has 1 heterocycles. The van der Waals surface area contributed by atoms with Crippen LogP contribution in [0.2, 0.25) is 0 Å². The smallest absolute Gasteiger partial charge is 0.141 e. The Balaban J connectivity index is 2.49. The van der Waals surface area contributed by atoms with Crippen LogP contribution in [-0.4, -0.2) is 6.04 Å². The van der Waals surface area contributed by atoms with Gasteiger partial charge in [-0.1, -0.05) is 13.8 Å². The van der Waals surface area contributed by atoms with E-state index >= 15 is 0 Å². The van der Waals surface area contributed by atoms with Crippen molar-refractivity contribution in [3.8, 4) is 0 Å². The molecule has 0 aliphatic rings. The average Bonchev–Trinajstić information content (AvgIpc) is 2.60. The van der Waals surface area contributed by atoms with Gasteiger partial charge in [0.1, 0.15) is 11.6 Å². The van der Waals surface area contributed by atoms with Crippen LogP contribution in [-0.2, 0) is 6.54 Å². The van der Waals surface area contributed by atoms with Crippen molar-refractivity contribution in [1.82, 2.24) is 5.32 Å². The van der Waals surface area contributed by atoms with Gasteiger partial charge in [0.05, 0.1) is 4.70 Å². The monoisotopic (exact) mass is 255 g/mol. The molecular formula is C13H15F2NS. The molecule has 17 heavy (non-hydrogen) atoms. The van der Waals surface area contributed by atoms with E-state index in [9.17, 15) is 8.78 Å². The number of nitrogens with one attached hydrogen (secondary N) is 1. The molecule has 0 spiro atoms. The first-order valence-corrected chi connectivity index (χ1v) is 6.41. The van der Waals surface area contributed by atoms with Gasteiger partial charge in [-0.25, -0.2) is 8.78 Å². The third kappa shape index (κ3) is 2.33. The number of hydrogen-bond donors (Lipinski definition) is 1. The van der Waals surface area contributed by atoms with Crippen molar-refractivity contribution in [2.24, 2.45) is 0 Å². The summed E-state index contributed by atoms with van der Waals surface area (Å²) in [6, 6.07) is 2.74. The highest BCUT2D eigenvalue weighted by molar-refractivity contribution is 7.19. The molecule has 2 rings (SSSR count). The Hall–Kier alpha value is -1.00. The van der Waals surface area contributed by atoms with Gasteiger partial charge in [0.2, 0.25) is 0 Å². The first-order valence-electron chi connectivity index (χ1n) is 5.60. The van der Waals surface area contributed by atoms with Gasteiger partial charge in [-0.15, -0.1) is 11.3 Å². The molecule has 0 unspecified atom stereocenters. The minimum absolute atomic E-state index is 0.342. The molecule has 92 valence electrons. The van der Waals surface area contributed by atoms with Crippen molar-refractivity contribution < 1.29 is 8.78 Å². The molecule has 0 saturated heterocycles. The number of thiophene rings is 1. The maximum atomic E-state index is 13.7. The van der Waals surface area contributed by atoms with Crippen LogP contribution in [0, 0.1) is 18.6 Å². The first-order chi connectivity index (χ1) is 8.00. The van der Waals surface area contributed by atoms with Crippen LogP contribution in [0.1, 0.15) is 24.3 Å². The molecule has 0 saturated carbocycles. The Morgan fingerprint density at radius 1 is 1.24 bits per heavy atom. The molecule has 4 heteroatoms. The third-order valence-electron chi connectivity index (χ3n) is 2.75. The summed E-state index contributed by atoms with van der Waals surface area (Å²) >= 11 is 1.33. The molecule has 1 nitrogen and oxygen atoms in total. The summed E-state index contributed by atoms with van der Waals surface area (Å²) in [7, 11) is 0. The number of hydrogen-bond acceptors (Lipinski definition) is 2. The normalized spacial score (nSPS) is 11.6. The number of aryl methyl sites for hydroxylation is 1. The number of rotatable bonds is 3. The minimum Gasteiger partial charge on any atom is -0.310 e. The van der Waals surface area contributed by atoms with E-state index in [1.165, 1.54) is 23.5 Å². The highest BCUT2D eigenvalue weighted by atomic mass is 32.1. The number of halogens is 2. The second-order valence-corrected chi connectivity index (χ2v) is 5.52. The van der Waals surface area contributed by atoms with E-state index in [0.29, 0.717) is 22.7 Å². The highest BCUT2D eigenvalue weighted by Crippen LogP contribution is 2.34. The zero-order valence-electron chi connectivity index (χ0n) is 10.1. The minimum atomic E-state index is -0.342. The Bertz CT molecular complexity index is 546. The predicted octanol–water partition coefficient (Wildman–Crippen LogP) is 3.99. The second kappa shape index (κ2) is 4.70. The van der Waals surface area contributed by atoms with E-state index in [1.807, 2.05) is 20.8 Å². The second-order valence-electron chi connectivity index (χ2n) is 4.42. The molecule has 0 fully saturated rings. The molecule has 0 bridgehead atoms. The van der Waals surface area contributed by atoms with Gasteiger partial charge >= 0.3 is 0 Å². The summed E-state index contributed by atoms with van der Waals surface area (Å²) in [6.07, 6.45) is 0. The topological polar surface area (TPSA) is 12.0 Å². The van der Waals surface area contributed by atoms with Crippen LogP contribution in [0.25, 0.3) is 10.1 Å². The van der Waals surface area contributed by atoms with E-state index in [4.69, 9.17) is 0 Å². The molecular weight excluding hydrogens is 240 g/mol. The van der Waals surface area contributed by atoms with Gasteiger partial charge < -0.3 is 5.32 Å². The fourth-order valence-electron chi connectivity index (χ4n) is 1.79. The van der Waals surface area contributed by atoms with Crippen LogP contribution in [0.4, 0.5) is 8.78 Å². The zero-order chi connectivity index (χ0) is 12.6. The van der Waals surface area contributed by atoms with E-state index in [-0.39, 0.29) is 11.6 Å². The van der Waals surface area contributed by atoms with Gasteiger partial charge in [0, 0.05) is 22.8 Å². The lowest BCUT2D eigenvalue weighted by Crippen LogP contribution is -2.21. The molecule has 0 aliphatic carbocycles. The van der Waals surface area contributed by atoms with Crippen molar-refractivity contribution in [1.29, 1.82) is 0 Å². The lowest BCUT2D eigenvalue weighted by atomic mass is 10.1. The number of benzene rings is 1. The van der Waals surface area contributed by atoms with Crippen molar-refractivity contribution in [2.75, 3.05) is 0 Å². The molecule has 1 aromatic heterocycles. The summed E-state index contributed by atoms with van der Waals surface area (Å²) in [6.45, 7) is 6.59. The van der Waals surface area contributed by atoms with Crippen LogP contribution >= 0.6 is 11.3 Å². The van der Waals surface area contributed by atoms with Crippen LogP contribution < -0.4 is 5.32 Å². The van der Waals surface area contributed by atoms with Crippen LogP contribution in [0.5, 0.6) is 0 Å². The van der Waals surface area contributed by atoms with E-state index in [1.54, 1.807) is 0 Å². The summed E-state index contributed by atoms with van der Waals surface area (Å²) < 4.78 is 27.7. The first kappa shape index (κ1) is 12.5. The van der Waals surface area contributed by atoms with Crippen molar-refractivity contribution in [2.45, 2.75) is 33.4 Å². The summed E-state index contributed by atoms with van der Waals surface area (Å²) in [5.74, 6) is -0.684. The molecule has 0 radical (unpaired) electrons. The fourth-order valence-corrected chi connectivity index (χ4v) is 2.96. The third-order valence-corrected chi connectivity index (χ3v) is 4.05. The lowest BCUT2D eigenvalue weighted by Gasteiger charge is -2.06.